The Morgan fingerprint density at radius 1 is 1.00 bits per heavy atom. The van der Waals surface area contributed by atoms with Crippen molar-refractivity contribution in [2.75, 3.05) is 18.1 Å². The monoisotopic (exact) mass is 497 g/mol. The number of nitrogens with two attached hydrogens (primary N) is 2. The first-order valence-electron chi connectivity index (χ1n) is 10.7. The van der Waals surface area contributed by atoms with Gasteiger partial charge in [0.1, 0.15) is 18.9 Å². The van der Waals surface area contributed by atoms with E-state index in [1.54, 1.807) is 18.2 Å². The number of carbonyl (C=O) groups is 1. The summed E-state index contributed by atoms with van der Waals surface area (Å²) in [4.78, 5) is 24.5. The van der Waals surface area contributed by atoms with Crippen LogP contribution in [0.2, 0.25) is 0 Å². The van der Waals surface area contributed by atoms with Gasteiger partial charge in [0.05, 0.1) is 11.3 Å². The highest BCUT2D eigenvalue weighted by Crippen LogP contribution is 2.44. The second kappa shape index (κ2) is 8.12. The molecule has 2 aromatic rings. The van der Waals surface area contributed by atoms with Crippen LogP contribution in [-0.4, -0.2) is 36.6 Å². The van der Waals surface area contributed by atoms with Crippen LogP contribution < -0.4 is 25.8 Å². The molecule has 0 amide bonds. The van der Waals surface area contributed by atoms with E-state index in [-0.39, 0.29) is 17.7 Å². The first kappa shape index (κ1) is 20.8. The quantitative estimate of drug-likeness (QED) is 0.626. The summed E-state index contributed by atoms with van der Waals surface area (Å²) < 4.78 is 12.5. The molecule has 5 rings (SSSR count). The fourth-order valence-corrected chi connectivity index (χ4v) is 4.94. The van der Waals surface area contributed by atoms with Crippen molar-refractivity contribution in [2.45, 2.75) is 37.8 Å². The number of rotatable bonds is 3. The highest BCUT2D eigenvalue weighted by Gasteiger charge is 2.44. The molecule has 4 N–H and O–H groups in total. The van der Waals surface area contributed by atoms with E-state index in [0.717, 1.165) is 36.6 Å². The maximum Gasteiger partial charge on any atom is 0.220 e. The zero-order chi connectivity index (χ0) is 22.3. The molecule has 2 aliphatic heterocycles. The Bertz CT molecular complexity index is 1120. The fraction of sp³-hybridized carbons (Fsp3) is 0.348. The van der Waals surface area contributed by atoms with Gasteiger partial charge in [-0.15, -0.1) is 0 Å². The lowest BCUT2D eigenvalue weighted by atomic mass is 9.86. The van der Waals surface area contributed by atoms with Gasteiger partial charge < -0.3 is 20.9 Å². The summed E-state index contributed by atoms with van der Waals surface area (Å²) >= 11 is 3.42. The van der Waals surface area contributed by atoms with Crippen LogP contribution in [0.5, 0.6) is 11.5 Å². The first-order chi connectivity index (χ1) is 15.5. The zero-order valence-electron chi connectivity index (χ0n) is 17.5. The van der Waals surface area contributed by atoms with Crippen molar-refractivity contribution >= 4 is 39.3 Å². The number of ketones is 1. The number of anilines is 1. The molecule has 2 aromatic carbocycles. The minimum Gasteiger partial charge on any atom is -0.486 e. The van der Waals surface area contributed by atoms with Gasteiger partial charge >= 0.3 is 0 Å². The number of halogens is 1. The van der Waals surface area contributed by atoms with Crippen LogP contribution in [0.15, 0.2) is 50.9 Å². The summed E-state index contributed by atoms with van der Waals surface area (Å²) in [5.74, 6) is 1.35. The van der Waals surface area contributed by atoms with Crippen LogP contribution >= 0.6 is 15.9 Å². The van der Waals surface area contributed by atoms with Gasteiger partial charge in [0.25, 0.3) is 0 Å². The highest BCUT2D eigenvalue weighted by atomic mass is 79.9. The predicted molar refractivity (Wildman–Crippen MR) is 127 cm³/mol. The Labute approximate surface area is 194 Å². The third-order valence-corrected chi connectivity index (χ3v) is 6.63. The van der Waals surface area contributed by atoms with Crippen LogP contribution in [0.3, 0.4) is 0 Å². The van der Waals surface area contributed by atoms with E-state index in [0.29, 0.717) is 41.5 Å². The first-order valence-corrected chi connectivity index (χ1v) is 11.5. The average Bonchev–Trinajstić information content (AvgIpc) is 2.78. The molecule has 1 spiro atoms. The molecule has 9 heteroatoms. The number of nitrogens with zero attached hydrogens (tertiary/aromatic N) is 3. The largest absolute Gasteiger partial charge is 0.486 e. The SMILES string of the molecule is NC1=NC2(CCCCC2)N(c2cc3c(cc2C(=O)c2ccc(Br)cc2)OCCO3)C(N)=N1. The molecule has 0 atom stereocenters. The van der Waals surface area contributed by atoms with E-state index in [9.17, 15) is 4.79 Å². The minimum absolute atomic E-state index is 0.147. The average molecular weight is 498 g/mol. The zero-order valence-corrected chi connectivity index (χ0v) is 19.1. The van der Waals surface area contributed by atoms with Gasteiger partial charge in [0, 0.05) is 16.1 Å². The summed E-state index contributed by atoms with van der Waals surface area (Å²) in [5, 5.41) is 0. The third-order valence-electron chi connectivity index (χ3n) is 6.10. The van der Waals surface area contributed by atoms with Crippen molar-refractivity contribution < 1.29 is 14.3 Å². The van der Waals surface area contributed by atoms with Crippen molar-refractivity contribution in [1.29, 1.82) is 0 Å². The number of hydrogen-bond acceptors (Lipinski definition) is 8. The second-order valence-electron chi connectivity index (χ2n) is 8.17. The van der Waals surface area contributed by atoms with E-state index >= 15 is 0 Å². The summed E-state index contributed by atoms with van der Waals surface area (Å²) in [6.45, 7) is 0.864. The number of hydrogen-bond donors (Lipinski definition) is 2. The smallest absolute Gasteiger partial charge is 0.220 e. The topological polar surface area (TPSA) is 116 Å². The molecule has 0 bridgehead atoms. The standard InChI is InChI=1S/C23H24BrN5O3/c24-15-6-4-14(5-7-15)20(30)16-12-18-19(32-11-10-31-18)13-17(16)29-22(26)27-21(25)28-23(29)8-2-1-3-9-23/h4-7,12-13H,1-3,8-11H2,(H4,25,26,27,28). The highest BCUT2D eigenvalue weighted by molar-refractivity contribution is 9.10. The van der Waals surface area contributed by atoms with Crippen molar-refractivity contribution in [3.8, 4) is 11.5 Å². The molecule has 0 unspecified atom stereocenters. The summed E-state index contributed by atoms with van der Waals surface area (Å²) in [7, 11) is 0. The van der Waals surface area contributed by atoms with Crippen molar-refractivity contribution in [1.82, 2.24) is 0 Å². The van der Waals surface area contributed by atoms with E-state index in [2.05, 4.69) is 20.9 Å². The molecule has 2 heterocycles. The molecule has 32 heavy (non-hydrogen) atoms. The van der Waals surface area contributed by atoms with Crippen molar-refractivity contribution in [2.24, 2.45) is 21.5 Å². The summed E-state index contributed by atoms with van der Waals surface area (Å²) in [6, 6.07) is 10.8. The van der Waals surface area contributed by atoms with Crippen LogP contribution in [0.25, 0.3) is 0 Å². The van der Waals surface area contributed by atoms with E-state index in [1.807, 2.05) is 23.1 Å². The molecule has 166 valence electrons. The Balaban J connectivity index is 1.69. The Kier molecular flexibility index (Phi) is 5.28. The predicted octanol–water partition coefficient (Wildman–Crippen LogP) is 3.56. The molecule has 0 saturated heterocycles. The number of fused-ring (bicyclic) bond motifs is 1. The van der Waals surface area contributed by atoms with Crippen molar-refractivity contribution in [3.63, 3.8) is 0 Å². The maximum absolute atomic E-state index is 13.7. The fourth-order valence-electron chi connectivity index (χ4n) is 4.67. The van der Waals surface area contributed by atoms with E-state index < -0.39 is 5.66 Å². The lowest BCUT2D eigenvalue weighted by Gasteiger charge is -2.46. The second-order valence-corrected chi connectivity index (χ2v) is 9.08. The third kappa shape index (κ3) is 3.60. The molecular formula is C23H24BrN5O3. The van der Waals surface area contributed by atoms with Gasteiger partial charge in [0.2, 0.25) is 11.9 Å². The molecule has 0 aromatic heterocycles. The number of guanidine groups is 2. The lowest BCUT2D eigenvalue weighted by molar-refractivity contribution is 0.103. The van der Waals surface area contributed by atoms with Gasteiger partial charge in [-0.3, -0.25) is 9.69 Å². The summed E-state index contributed by atoms with van der Waals surface area (Å²) in [5.41, 5.74) is 13.4. The van der Waals surface area contributed by atoms with Gasteiger partial charge in [-0.2, -0.15) is 4.99 Å². The van der Waals surface area contributed by atoms with Gasteiger partial charge in [-0.1, -0.05) is 22.4 Å². The lowest BCUT2D eigenvalue weighted by Crippen LogP contribution is -2.58. The van der Waals surface area contributed by atoms with Crippen LogP contribution in [-0.2, 0) is 0 Å². The van der Waals surface area contributed by atoms with Gasteiger partial charge in [-0.25, -0.2) is 4.99 Å². The number of ether oxygens (including phenoxy) is 2. The molecule has 8 nitrogen and oxygen atoms in total. The molecule has 1 fully saturated rings. The van der Waals surface area contributed by atoms with E-state index in [4.69, 9.17) is 25.9 Å². The Morgan fingerprint density at radius 2 is 1.66 bits per heavy atom. The van der Waals surface area contributed by atoms with E-state index in [1.165, 1.54) is 0 Å². The van der Waals surface area contributed by atoms with Gasteiger partial charge in [-0.05, 0) is 56.0 Å². The molecular weight excluding hydrogens is 474 g/mol. The van der Waals surface area contributed by atoms with Crippen LogP contribution in [0, 0.1) is 0 Å². The molecule has 1 saturated carbocycles. The normalized spacial score (nSPS) is 19.3. The van der Waals surface area contributed by atoms with Gasteiger partial charge in [0.15, 0.2) is 17.3 Å². The molecule has 3 aliphatic rings. The Hall–Kier alpha value is -3.07. The minimum atomic E-state index is -0.674. The Morgan fingerprint density at radius 3 is 2.34 bits per heavy atom. The van der Waals surface area contributed by atoms with Crippen molar-refractivity contribution in [3.05, 3.63) is 52.0 Å². The molecule has 0 radical (unpaired) electrons. The number of carbonyl (C=O) groups excluding carboxylic acids is 1. The van der Waals surface area contributed by atoms with Crippen LogP contribution in [0.1, 0.15) is 48.0 Å². The molecule has 1 aliphatic carbocycles. The van der Waals surface area contributed by atoms with Crippen LogP contribution in [0.4, 0.5) is 5.69 Å². The number of benzene rings is 2. The number of aliphatic imine (C=N–C) groups is 2. The maximum atomic E-state index is 13.7. The summed E-state index contributed by atoms with van der Waals surface area (Å²) in [6.07, 6.45) is 4.63.